The molecule has 0 aromatic carbocycles. The van der Waals surface area contributed by atoms with Crippen LogP contribution in [0.4, 0.5) is 5.82 Å². The van der Waals surface area contributed by atoms with E-state index in [0.29, 0.717) is 12.0 Å². The molecule has 26 heavy (non-hydrogen) atoms. The number of nitrogens with one attached hydrogen (secondary N) is 1. The Morgan fingerprint density at radius 2 is 2.00 bits per heavy atom. The van der Waals surface area contributed by atoms with Crippen molar-refractivity contribution in [3.8, 4) is 0 Å². The number of fused-ring (bicyclic) bond motifs is 1. The van der Waals surface area contributed by atoms with Crippen molar-refractivity contribution in [1.82, 2.24) is 14.6 Å². The van der Waals surface area contributed by atoms with Gasteiger partial charge in [-0.25, -0.2) is 4.98 Å². The number of hydrogen-bond acceptors (Lipinski definition) is 6. The second kappa shape index (κ2) is 6.21. The number of aromatic nitrogens is 3. The van der Waals surface area contributed by atoms with E-state index >= 15 is 0 Å². The Hall–Kier alpha value is -1.64. The molecule has 2 N–H and O–H groups in total. The third-order valence-corrected chi connectivity index (χ3v) is 6.02. The molecule has 1 aliphatic carbocycles. The third kappa shape index (κ3) is 3.00. The van der Waals surface area contributed by atoms with Crippen LogP contribution in [0.3, 0.4) is 0 Å². The molecule has 2 atom stereocenters. The van der Waals surface area contributed by atoms with E-state index < -0.39 is 18.3 Å². The maximum Gasteiger partial charge on any atom is 0.516 e. The van der Waals surface area contributed by atoms with Gasteiger partial charge in [0.1, 0.15) is 5.82 Å². The second-order valence-electron chi connectivity index (χ2n) is 8.46. The average molecular weight is 358 g/mol. The van der Waals surface area contributed by atoms with E-state index in [0.717, 1.165) is 36.3 Å². The lowest BCUT2D eigenvalue weighted by Gasteiger charge is -2.32. The molecule has 0 spiro atoms. The summed E-state index contributed by atoms with van der Waals surface area (Å²) in [5, 5.41) is 17.6. The Morgan fingerprint density at radius 1 is 1.27 bits per heavy atom. The molecule has 1 aliphatic heterocycles. The number of nitrogens with zero attached hydrogens (tertiary/aromatic N) is 3. The fraction of sp³-hybridized carbons (Fsp3) is 0.667. The summed E-state index contributed by atoms with van der Waals surface area (Å²) in [6, 6.07) is 4.20. The highest BCUT2D eigenvalue weighted by Gasteiger charge is 2.52. The molecule has 1 saturated carbocycles. The summed E-state index contributed by atoms with van der Waals surface area (Å²) in [7, 11) is -0.500. The van der Waals surface area contributed by atoms with E-state index in [1.165, 1.54) is 0 Å². The zero-order valence-electron chi connectivity index (χ0n) is 15.9. The van der Waals surface area contributed by atoms with Gasteiger partial charge in [-0.2, -0.15) is 9.61 Å². The van der Waals surface area contributed by atoms with Gasteiger partial charge in [-0.15, -0.1) is 0 Å². The van der Waals surface area contributed by atoms with Gasteiger partial charge in [-0.05, 0) is 58.9 Å². The van der Waals surface area contributed by atoms with Crippen molar-refractivity contribution in [3.63, 3.8) is 0 Å². The smallest absolute Gasteiger partial charge is 0.398 e. The fourth-order valence-corrected chi connectivity index (χ4v) is 3.68. The van der Waals surface area contributed by atoms with Crippen LogP contribution in [0, 0.1) is 5.92 Å². The second-order valence-corrected chi connectivity index (χ2v) is 8.46. The molecule has 0 amide bonds. The minimum atomic E-state index is -0.500. The number of rotatable bonds is 4. The van der Waals surface area contributed by atoms with Crippen LogP contribution in [-0.2, 0) is 9.31 Å². The predicted molar refractivity (Wildman–Crippen MR) is 101 cm³/mol. The van der Waals surface area contributed by atoms with E-state index in [4.69, 9.17) is 14.4 Å². The molecule has 7 nitrogen and oxygen atoms in total. The number of hydrogen-bond donors (Lipinski definition) is 2. The summed E-state index contributed by atoms with van der Waals surface area (Å²) in [5.74, 6) is 1.30. The molecular formula is C18H27BN4O3. The van der Waals surface area contributed by atoms with E-state index in [1.807, 2.05) is 44.3 Å². The lowest BCUT2D eigenvalue weighted by atomic mass is 9.85. The van der Waals surface area contributed by atoms with Crippen LogP contribution < -0.4 is 10.9 Å². The predicted octanol–water partition coefficient (Wildman–Crippen LogP) is 1.60. The van der Waals surface area contributed by atoms with Crippen LogP contribution in [0.15, 0.2) is 18.3 Å². The van der Waals surface area contributed by atoms with Crippen molar-refractivity contribution in [2.75, 3.05) is 11.9 Å². The van der Waals surface area contributed by atoms with E-state index in [2.05, 4.69) is 10.3 Å². The minimum absolute atomic E-state index is 0.262. The van der Waals surface area contributed by atoms with E-state index in [1.54, 1.807) is 6.20 Å². The lowest BCUT2D eigenvalue weighted by Crippen LogP contribution is -2.41. The summed E-state index contributed by atoms with van der Waals surface area (Å²) >= 11 is 0. The van der Waals surface area contributed by atoms with Gasteiger partial charge in [0, 0.05) is 24.9 Å². The Kier molecular flexibility index (Phi) is 4.25. The standard InChI is InChI=1S/C18H27BN4O3/c1-17(2)18(3,4)26-19(25-17)14-10-16-20-8-7-15(23(16)22-14)21-13-6-5-12(9-13)11-24/h7-8,10,12-13,21,24H,5-6,9,11H2,1-4H3. The molecule has 2 aromatic rings. The normalized spacial score (nSPS) is 27.3. The summed E-state index contributed by atoms with van der Waals surface area (Å²) in [6.45, 7) is 8.40. The van der Waals surface area contributed by atoms with Crippen molar-refractivity contribution < 1.29 is 14.4 Å². The first-order valence-electron chi connectivity index (χ1n) is 9.37. The number of anilines is 1. The largest absolute Gasteiger partial charge is 0.516 e. The molecule has 140 valence electrons. The van der Waals surface area contributed by atoms with Crippen LogP contribution in [-0.4, -0.2) is 50.7 Å². The molecule has 4 rings (SSSR count). The van der Waals surface area contributed by atoms with Crippen LogP contribution in [0.5, 0.6) is 0 Å². The number of aliphatic hydroxyl groups excluding tert-OH is 1. The van der Waals surface area contributed by atoms with Crippen molar-refractivity contribution in [2.45, 2.75) is 64.2 Å². The van der Waals surface area contributed by atoms with Crippen LogP contribution in [0.2, 0.25) is 0 Å². The van der Waals surface area contributed by atoms with Crippen LogP contribution >= 0.6 is 0 Å². The maximum atomic E-state index is 9.35. The SMILES string of the molecule is CC1(C)OB(c2cc3nccc(NC4CCC(CO)C4)n3n2)OC1(C)C. The molecule has 2 aromatic heterocycles. The van der Waals surface area contributed by atoms with E-state index in [9.17, 15) is 5.11 Å². The molecule has 8 heteroatoms. The highest BCUT2D eigenvalue weighted by atomic mass is 16.7. The molecular weight excluding hydrogens is 331 g/mol. The molecule has 2 fully saturated rings. The van der Waals surface area contributed by atoms with Crippen molar-refractivity contribution >= 4 is 24.2 Å². The Morgan fingerprint density at radius 3 is 2.65 bits per heavy atom. The van der Waals surface area contributed by atoms with Gasteiger partial charge in [0.05, 0.1) is 16.8 Å². The minimum Gasteiger partial charge on any atom is -0.398 e. The van der Waals surface area contributed by atoms with Gasteiger partial charge >= 0.3 is 7.12 Å². The molecule has 1 saturated heterocycles. The molecule has 2 aliphatic rings. The zero-order chi connectivity index (χ0) is 18.5. The Balaban J connectivity index is 1.58. The van der Waals surface area contributed by atoms with Gasteiger partial charge in [0.15, 0.2) is 5.65 Å². The Labute approximate surface area is 154 Å². The summed E-state index contributed by atoms with van der Waals surface area (Å²) in [4.78, 5) is 4.42. The maximum absolute atomic E-state index is 9.35. The highest BCUT2D eigenvalue weighted by Crippen LogP contribution is 2.36. The summed E-state index contributed by atoms with van der Waals surface area (Å²) in [5.41, 5.74) is 0.692. The number of aliphatic hydroxyl groups is 1. The monoisotopic (exact) mass is 358 g/mol. The fourth-order valence-electron chi connectivity index (χ4n) is 3.68. The average Bonchev–Trinajstić information content (AvgIpc) is 3.24. The highest BCUT2D eigenvalue weighted by molar-refractivity contribution is 6.61. The van der Waals surface area contributed by atoms with Gasteiger partial charge in [0.25, 0.3) is 0 Å². The quantitative estimate of drug-likeness (QED) is 0.809. The lowest BCUT2D eigenvalue weighted by molar-refractivity contribution is 0.00578. The van der Waals surface area contributed by atoms with Crippen molar-refractivity contribution in [2.24, 2.45) is 5.92 Å². The first-order valence-corrected chi connectivity index (χ1v) is 9.37. The molecule has 0 bridgehead atoms. The van der Waals surface area contributed by atoms with Gasteiger partial charge in [0.2, 0.25) is 0 Å². The summed E-state index contributed by atoms with van der Waals surface area (Å²) < 4.78 is 14.0. The van der Waals surface area contributed by atoms with Crippen LogP contribution in [0.25, 0.3) is 5.65 Å². The zero-order valence-corrected chi connectivity index (χ0v) is 15.9. The Bertz CT molecular complexity index is 791. The molecule has 2 unspecified atom stereocenters. The van der Waals surface area contributed by atoms with Gasteiger partial charge in [-0.3, -0.25) is 0 Å². The topological polar surface area (TPSA) is 80.9 Å². The van der Waals surface area contributed by atoms with Gasteiger partial charge in [-0.1, -0.05) is 0 Å². The first-order chi connectivity index (χ1) is 12.3. The van der Waals surface area contributed by atoms with Gasteiger partial charge < -0.3 is 19.7 Å². The third-order valence-electron chi connectivity index (χ3n) is 6.02. The van der Waals surface area contributed by atoms with Crippen LogP contribution in [0.1, 0.15) is 47.0 Å². The molecule has 0 radical (unpaired) electrons. The van der Waals surface area contributed by atoms with E-state index in [-0.39, 0.29) is 6.61 Å². The first kappa shape index (κ1) is 17.8. The summed E-state index contributed by atoms with van der Waals surface area (Å²) in [6.07, 6.45) is 4.87. The molecule has 3 heterocycles. The van der Waals surface area contributed by atoms with Crippen molar-refractivity contribution in [1.29, 1.82) is 0 Å². The van der Waals surface area contributed by atoms with Crippen molar-refractivity contribution in [3.05, 3.63) is 18.3 Å².